The highest BCUT2D eigenvalue weighted by Crippen LogP contribution is 2.29. The predicted molar refractivity (Wildman–Crippen MR) is 99.6 cm³/mol. The molecule has 2 aromatic rings. The van der Waals surface area contributed by atoms with E-state index < -0.39 is 5.91 Å². The molecule has 7 heteroatoms. The quantitative estimate of drug-likeness (QED) is 0.793. The normalized spacial score (nSPS) is 10.2. The first-order valence-corrected chi connectivity index (χ1v) is 8.18. The Morgan fingerprint density at radius 2 is 1.60 bits per heavy atom. The van der Waals surface area contributed by atoms with E-state index in [4.69, 9.17) is 23.2 Å². The number of carbonyl (C=O) groups is 3. The van der Waals surface area contributed by atoms with Crippen molar-refractivity contribution < 1.29 is 14.4 Å². The van der Waals surface area contributed by atoms with Crippen LogP contribution in [0.3, 0.4) is 0 Å². The molecule has 0 aliphatic heterocycles. The number of para-hydroxylation sites is 1. The number of rotatable bonds is 5. The van der Waals surface area contributed by atoms with Gasteiger partial charge in [-0.25, -0.2) is 0 Å². The van der Waals surface area contributed by atoms with Crippen molar-refractivity contribution in [3.63, 3.8) is 0 Å². The Morgan fingerprint density at radius 1 is 1.00 bits per heavy atom. The summed E-state index contributed by atoms with van der Waals surface area (Å²) in [5.41, 5.74) is 1.20. The number of anilines is 2. The van der Waals surface area contributed by atoms with Gasteiger partial charge in [0, 0.05) is 18.2 Å². The second-order valence-corrected chi connectivity index (χ2v) is 6.17. The Morgan fingerprint density at radius 3 is 2.16 bits per heavy atom. The average Bonchev–Trinajstić information content (AvgIpc) is 2.56. The van der Waals surface area contributed by atoms with E-state index >= 15 is 0 Å². The van der Waals surface area contributed by atoms with Gasteiger partial charge in [0.05, 0.1) is 15.7 Å². The SMILES string of the molecule is CC(=O)c1cccc(N(CC(=O)Nc2c(Cl)cccc2Cl)C(C)=O)c1. The molecule has 0 aliphatic rings. The Balaban J connectivity index is 2.22. The van der Waals surface area contributed by atoms with Crippen LogP contribution in [0, 0.1) is 0 Å². The summed E-state index contributed by atoms with van der Waals surface area (Å²) in [4.78, 5) is 37.1. The fraction of sp³-hybridized carbons (Fsp3) is 0.167. The fourth-order valence-corrected chi connectivity index (χ4v) is 2.71. The van der Waals surface area contributed by atoms with Gasteiger partial charge in [-0.1, -0.05) is 41.4 Å². The summed E-state index contributed by atoms with van der Waals surface area (Å²) in [6.07, 6.45) is 0. The highest BCUT2D eigenvalue weighted by molar-refractivity contribution is 6.39. The van der Waals surface area contributed by atoms with E-state index in [2.05, 4.69) is 5.32 Å². The summed E-state index contributed by atoms with van der Waals surface area (Å²) in [5.74, 6) is -0.919. The Hall–Kier alpha value is -2.37. The third kappa shape index (κ3) is 4.81. The molecule has 1 N–H and O–H groups in total. The molecule has 2 rings (SSSR count). The molecule has 0 heterocycles. The minimum atomic E-state index is -0.460. The first kappa shape index (κ1) is 19.0. The number of nitrogens with zero attached hydrogens (tertiary/aromatic N) is 1. The van der Waals surface area contributed by atoms with Gasteiger partial charge in [0.25, 0.3) is 0 Å². The van der Waals surface area contributed by atoms with E-state index in [0.717, 1.165) is 0 Å². The number of halogens is 2. The molecule has 2 amide bonds. The van der Waals surface area contributed by atoms with Crippen LogP contribution in [0.2, 0.25) is 10.0 Å². The van der Waals surface area contributed by atoms with E-state index in [1.54, 1.807) is 42.5 Å². The fourth-order valence-electron chi connectivity index (χ4n) is 2.22. The molecule has 130 valence electrons. The van der Waals surface area contributed by atoms with Gasteiger partial charge >= 0.3 is 0 Å². The first-order valence-electron chi connectivity index (χ1n) is 7.42. The molecule has 0 fully saturated rings. The molecule has 0 aromatic heterocycles. The number of amides is 2. The lowest BCUT2D eigenvalue weighted by Crippen LogP contribution is -2.36. The van der Waals surface area contributed by atoms with Gasteiger partial charge in [0.1, 0.15) is 6.54 Å². The van der Waals surface area contributed by atoms with E-state index in [-0.39, 0.29) is 23.9 Å². The second kappa shape index (κ2) is 8.14. The molecule has 0 saturated carbocycles. The molecule has 0 bridgehead atoms. The first-order chi connectivity index (χ1) is 11.8. The number of carbonyl (C=O) groups excluding carboxylic acids is 3. The number of nitrogens with one attached hydrogen (secondary N) is 1. The van der Waals surface area contributed by atoms with Gasteiger partial charge in [-0.2, -0.15) is 0 Å². The van der Waals surface area contributed by atoms with Gasteiger partial charge in [-0.3, -0.25) is 14.4 Å². The van der Waals surface area contributed by atoms with Gasteiger partial charge in [0.15, 0.2) is 5.78 Å². The van der Waals surface area contributed by atoms with Crippen LogP contribution in [0.1, 0.15) is 24.2 Å². The molecular weight excluding hydrogens is 363 g/mol. The van der Waals surface area contributed by atoms with Gasteiger partial charge < -0.3 is 10.2 Å². The summed E-state index contributed by atoms with van der Waals surface area (Å²) in [6, 6.07) is 11.4. The molecule has 2 aromatic carbocycles. The highest BCUT2D eigenvalue weighted by Gasteiger charge is 2.18. The number of ketones is 1. The van der Waals surface area contributed by atoms with Gasteiger partial charge in [-0.15, -0.1) is 0 Å². The maximum absolute atomic E-state index is 12.3. The van der Waals surface area contributed by atoms with E-state index in [1.165, 1.54) is 18.7 Å². The standard InChI is InChI=1S/C18H16Cl2N2O3/c1-11(23)13-5-3-6-14(9-13)22(12(2)24)10-17(25)21-18-15(19)7-4-8-16(18)20/h3-9H,10H2,1-2H3,(H,21,25). The Bertz CT molecular complexity index is 817. The van der Waals surface area contributed by atoms with Crippen LogP contribution in [-0.2, 0) is 9.59 Å². The van der Waals surface area contributed by atoms with Gasteiger partial charge in [0.2, 0.25) is 11.8 Å². The third-order valence-electron chi connectivity index (χ3n) is 3.47. The number of benzene rings is 2. The number of hydrogen-bond donors (Lipinski definition) is 1. The van der Waals surface area contributed by atoms with Crippen LogP contribution in [0.15, 0.2) is 42.5 Å². The average molecular weight is 379 g/mol. The summed E-state index contributed by atoms with van der Waals surface area (Å²) in [5, 5.41) is 3.21. The van der Waals surface area contributed by atoms with Crippen molar-refractivity contribution in [1.29, 1.82) is 0 Å². The summed E-state index contributed by atoms with van der Waals surface area (Å²) >= 11 is 12.1. The lowest BCUT2D eigenvalue weighted by atomic mass is 10.1. The Labute approximate surface area is 155 Å². The topological polar surface area (TPSA) is 66.5 Å². The molecule has 25 heavy (non-hydrogen) atoms. The summed E-state index contributed by atoms with van der Waals surface area (Å²) in [7, 11) is 0. The largest absolute Gasteiger partial charge is 0.322 e. The van der Waals surface area contributed by atoms with Gasteiger partial charge in [-0.05, 0) is 31.2 Å². The predicted octanol–water partition coefficient (Wildman–Crippen LogP) is 4.19. The van der Waals surface area contributed by atoms with E-state index in [0.29, 0.717) is 21.3 Å². The molecule has 0 saturated heterocycles. The summed E-state index contributed by atoms with van der Waals surface area (Å²) < 4.78 is 0. The zero-order valence-electron chi connectivity index (χ0n) is 13.7. The molecule has 5 nitrogen and oxygen atoms in total. The zero-order valence-corrected chi connectivity index (χ0v) is 15.2. The molecule has 0 aliphatic carbocycles. The number of hydrogen-bond acceptors (Lipinski definition) is 3. The van der Waals surface area contributed by atoms with Crippen molar-refractivity contribution in [3.8, 4) is 0 Å². The van der Waals surface area contributed by atoms with Crippen LogP contribution in [0.4, 0.5) is 11.4 Å². The van der Waals surface area contributed by atoms with Crippen molar-refractivity contribution in [3.05, 3.63) is 58.1 Å². The van der Waals surface area contributed by atoms with E-state index in [1.807, 2.05) is 0 Å². The van der Waals surface area contributed by atoms with Crippen molar-refractivity contribution in [2.45, 2.75) is 13.8 Å². The van der Waals surface area contributed by atoms with Crippen LogP contribution < -0.4 is 10.2 Å². The summed E-state index contributed by atoms with van der Waals surface area (Å²) in [6.45, 7) is 2.54. The van der Waals surface area contributed by atoms with Crippen LogP contribution in [0.25, 0.3) is 0 Å². The minimum absolute atomic E-state index is 0.127. The molecule has 0 unspecified atom stereocenters. The third-order valence-corrected chi connectivity index (χ3v) is 4.10. The Kier molecular flexibility index (Phi) is 6.17. The van der Waals surface area contributed by atoms with E-state index in [9.17, 15) is 14.4 Å². The van der Waals surface area contributed by atoms with Crippen molar-refractivity contribution >= 4 is 52.2 Å². The van der Waals surface area contributed by atoms with Crippen molar-refractivity contribution in [1.82, 2.24) is 0 Å². The van der Waals surface area contributed by atoms with Crippen molar-refractivity contribution in [2.75, 3.05) is 16.8 Å². The monoisotopic (exact) mass is 378 g/mol. The lowest BCUT2D eigenvalue weighted by molar-refractivity contribution is -0.120. The molecule has 0 radical (unpaired) electrons. The highest BCUT2D eigenvalue weighted by atomic mass is 35.5. The maximum Gasteiger partial charge on any atom is 0.244 e. The smallest absolute Gasteiger partial charge is 0.244 e. The maximum atomic E-state index is 12.3. The van der Waals surface area contributed by atoms with Crippen LogP contribution in [-0.4, -0.2) is 24.1 Å². The van der Waals surface area contributed by atoms with Crippen molar-refractivity contribution in [2.24, 2.45) is 0 Å². The second-order valence-electron chi connectivity index (χ2n) is 5.36. The number of Topliss-reactive ketones (excluding diaryl/α,β-unsaturated/α-hetero) is 1. The molecule has 0 spiro atoms. The zero-order chi connectivity index (χ0) is 18.6. The van der Waals surface area contributed by atoms with Crippen LogP contribution in [0.5, 0.6) is 0 Å². The molecular formula is C18H16Cl2N2O3. The lowest BCUT2D eigenvalue weighted by Gasteiger charge is -2.21. The van der Waals surface area contributed by atoms with Crippen LogP contribution >= 0.6 is 23.2 Å². The minimum Gasteiger partial charge on any atom is -0.322 e. The molecule has 0 atom stereocenters.